The fourth-order valence-electron chi connectivity index (χ4n) is 1.74. The van der Waals surface area contributed by atoms with E-state index < -0.39 is 17.2 Å². The summed E-state index contributed by atoms with van der Waals surface area (Å²) < 4.78 is 5.09. The number of hydrogen-bond acceptors (Lipinski definition) is 4. The third kappa shape index (κ3) is 3.08. The zero-order valence-electron chi connectivity index (χ0n) is 11.2. The Morgan fingerprint density at radius 3 is 2.67 bits per heavy atom. The molecule has 4 N–H and O–H groups in total. The lowest BCUT2D eigenvalue weighted by molar-refractivity contribution is 0.0996. The van der Waals surface area contributed by atoms with Crippen LogP contribution in [-0.4, -0.2) is 23.9 Å². The summed E-state index contributed by atoms with van der Waals surface area (Å²) in [6.07, 6.45) is 2.72. The average Bonchev–Trinajstić information content (AvgIpc) is 2.47. The minimum atomic E-state index is -0.634. The van der Waals surface area contributed by atoms with E-state index in [1.807, 2.05) is 0 Å². The van der Waals surface area contributed by atoms with Crippen molar-refractivity contribution in [3.05, 3.63) is 58.0 Å². The van der Waals surface area contributed by atoms with Gasteiger partial charge in [-0.25, -0.2) is 0 Å². The Bertz CT molecular complexity index is 752. The lowest BCUT2D eigenvalue weighted by Gasteiger charge is -2.11. The number of amides is 2. The van der Waals surface area contributed by atoms with Gasteiger partial charge >= 0.3 is 0 Å². The van der Waals surface area contributed by atoms with Gasteiger partial charge in [-0.05, 0) is 18.2 Å². The van der Waals surface area contributed by atoms with Crippen LogP contribution in [0.1, 0.15) is 20.7 Å². The number of rotatable bonds is 4. The number of methoxy groups -OCH3 is 1. The highest BCUT2D eigenvalue weighted by atomic mass is 16.5. The molecule has 0 saturated carbocycles. The van der Waals surface area contributed by atoms with Crippen molar-refractivity contribution in [3.63, 3.8) is 0 Å². The van der Waals surface area contributed by atoms with Gasteiger partial charge in [-0.1, -0.05) is 0 Å². The monoisotopic (exact) mass is 287 g/mol. The van der Waals surface area contributed by atoms with Crippen LogP contribution in [0.2, 0.25) is 0 Å². The number of H-pyrrole nitrogens is 1. The number of carbonyl (C=O) groups is 2. The maximum atomic E-state index is 12.1. The summed E-state index contributed by atoms with van der Waals surface area (Å²) in [6.45, 7) is 0. The van der Waals surface area contributed by atoms with E-state index in [-0.39, 0.29) is 16.8 Å². The Hall–Kier alpha value is -3.09. The van der Waals surface area contributed by atoms with Crippen LogP contribution >= 0.6 is 0 Å². The molecular weight excluding hydrogens is 274 g/mol. The quantitative estimate of drug-likeness (QED) is 0.769. The number of aromatic nitrogens is 1. The molecule has 0 bridgehead atoms. The molecule has 2 aromatic rings. The van der Waals surface area contributed by atoms with Crippen LogP contribution in [0.15, 0.2) is 41.5 Å². The van der Waals surface area contributed by atoms with Crippen LogP contribution in [-0.2, 0) is 0 Å². The first-order chi connectivity index (χ1) is 10.0. The first-order valence-corrected chi connectivity index (χ1v) is 5.99. The summed E-state index contributed by atoms with van der Waals surface area (Å²) in [4.78, 5) is 37.5. The third-order valence-electron chi connectivity index (χ3n) is 2.80. The number of nitrogens with one attached hydrogen (secondary N) is 2. The van der Waals surface area contributed by atoms with Gasteiger partial charge in [0.1, 0.15) is 11.3 Å². The Morgan fingerprint density at radius 2 is 2.05 bits per heavy atom. The molecule has 2 amide bonds. The Labute approximate surface area is 119 Å². The van der Waals surface area contributed by atoms with E-state index in [9.17, 15) is 14.4 Å². The topological polar surface area (TPSA) is 114 Å². The first kappa shape index (κ1) is 14.3. The molecule has 0 aliphatic carbocycles. The second-order valence-electron chi connectivity index (χ2n) is 4.16. The number of benzene rings is 1. The summed E-state index contributed by atoms with van der Waals surface area (Å²) in [6, 6.07) is 5.61. The number of anilines is 1. The smallest absolute Gasteiger partial charge is 0.261 e. The number of nitrogens with two attached hydrogens (primary N) is 1. The first-order valence-electron chi connectivity index (χ1n) is 5.99. The highest BCUT2D eigenvalue weighted by molar-refractivity contribution is 6.05. The van der Waals surface area contributed by atoms with E-state index in [1.54, 1.807) is 0 Å². The Balaban J connectivity index is 2.36. The predicted molar refractivity (Wildman–Crippen MR) is 76.5 cm³/mol. The number of pyridine rings is 1. The van der Waals surface area contributed by atoms with E-state index in [0.717, 1.165) is 0 Å². The molecule has 0 unspecified atom stereocenters. The van der Waals surface area contributed by atoms with Crippen molar-refractivity contribution >= 4 is 17.5 Å². The summed E-state index contributed by atoms with van der Waals surface area (Å²) >= 11 is 0. The van der Waals surface area contributed by atoms with Crippen LogP contribution in [0, 0.1) is 0 Å². The van der Waals surface area contributed by atoms with E-state index in [0.29, 0.717) is 5.75 Å². The number of primary amides is 1. The summed E-state index contributed by atoms with van der Waals surface area (Å²) in [5.41, 5.74) is 5.19. The number of ether oxygens (including phenoxy) is 1. The van der Waals surface area contributed by atoms with Crippen LogP contribution in [0.4, 0.5) is 5.69 Å². The van der Waals surface area contributed by atoms with Gasteiger partial charge in [-0.15, -0.1) is 0 Å². The zero-order chi connectivity index (χ0) is 15.4. The summed E-state index contributed by atoms with van der Waals surface area (Å²) in [7, 11) is 1.42. The molecule has 0 aliphatic rings. The molecule has 0 spiro atoms. The van der Waals surface area contributed by atoms with Gasteiger partial charge in [-0.3, -0.25) is 14.4 Å². The highest BCUT2D eigenvalue weighted by Gasteiger charge is 2.14. The standard InChI is InChI=1S/C14H13N3O4/c1-21-12-3-2-8(13(15)19)6-10(12)17-14(20)9-7-16-5-4-11(9)18/h2-7H,1H3,(H2,15,19)(H,16,18)(H,17,20). The molecule has 0 atom stereocenters. The van der Waals surface area contributed by atoms with Gasteiger partial charge in [0.05, 0.1) is 12.8 Å². The second-order valence-corrected chi connectivity index (χ2v) is 4.16. The van der Waals surface area contributed by atoms with Gasteiger partial charge < -0.3 is 20.8 Å². The van der Waals surface area contributed by atoms with Gasteiger partial charge in [-0.2, -0.15) is 0 Å². The number of hydrogen-bond donors (Lipinski definition) is 3. The second kappa shape index (κ2) is 5.91. The molecule has 7 nitrogen and oxygen atoms in total. The van der Waals surface area contributed by atoms with Crippen LogP contribution in [0.5, 0.6) is 5.75 Å². The molecule has 1 heterocycles. The maximum absolute atomic E-state index is 12.1. The highest BCUT2D eigenvalue weighted by Crippen LogP contribution is 2.25. The van der Waals surface area contributed by atoms with Crippen molar-refractivity contribution in [2.24, 2.45) is 5.73 Å². The minimum absolute atomic E-state index is 0.0518. The van der Waals surface area contributed by atoms with Crippen molar-refractivity contribution in [2.75, 3.05) is 12.4 Å². The SMILES string of the molecule is COc1ccc(C(N)=O)cc1NC(=O)c1c[nH]ccc1=O. The van der Waals surface area contributed by atoms with Crippen molar-refractivity contribution in [2.45, 2.75) is 0 Å². The number of carbonyl (C=O) groups excluding carboxylic acids is 2. The lowest BCUT2D eigenvalue weighted by Crippen LogP contribution is -2.21. The van der Waals surface area contributed by atoms with Gasteiger partial charge in [0.15, 0.2) is 5.43 Å². The van der Waals surface area contributed by atoms with E-state index in [2.05, 4.69) is 10.3 Å². The molecule has 0 radical (unpaired) electrons. The normalized spacial score (nSPS) is 9.95. The van der Waals surface area contributed by atoms with E-state index in [1.165, 1.54) is 43.8 Å². The van der Waals surface area contributed by atoms with Crippen molar-refractivity contribution in [3.8, 4) is 5.75 Å². The van der Waals surface area contributed by atoms with E-state index >= 15 is 0 Å². The molecule has 21 heavy (non-hydrogen) atoms. The fraction of sp³-hybridized carbons (Fsp3) is 0.0714. The largest absolute Gasteiger partial charge is 0.495 e. The third-order valence-corrected chi connectivity index (χ3v) is 2.80. The molecule has 0 aliphatic heterocycles. The molecule has 0 fully saturated rings. The Morgan fingerprint density at radius 1 is 1.29 bits per heavy atom. The molecule has 108 valence electrons. The lowest BCUT2D eigenvalue weighted by atomic mass is 10.1. The maximum Gasteiger partial charge on any atom is 0.261 e. The zero-order valence-corrected chi connectivity index (χ0v) is 11.2. The van der Waals surface area contributed by atoms with Crippen LogP contribution < -0.4 is 21.2 Å². The Kier molecular flexibility index (Phi) is 4.03. The molecule has 1 aromatic carbocycles. The molecule has 7 heteroatoms. The van der Waals surface area contributed by atoms with Crippen molar-refractivity contribution in [1.29, 1.82) is 0 Å². The fourth-order valence-corrected chi connectivity index (χ4v) is 1.74. The van der Waals surface area contributed by atoms with Gasteiger partial charge in [0.25, 0.3) is 5.91 Å². The molecule has 1 aromatic heterocycles. The van der Waals surface area contributed by atoms with Crippen LogP contribution in [0.3, 0.4) is 0 Å². The van der Waals surface area contributed by atoms with Gasteiger partial charge in [0.2, 0.25) is 5.91 Å². The van der Waals surface area contributed by atoms with Crippen molar-refractivity contribution < 1.29 is 14.3 Å². The molecular formula is C14H13N3O4. The van der Waals surface area contributed by atoms with Crippen molar-refractivity contribution in [1.82, 2.24) is 4.98 Å². The molecule has 2 rings (SSSR count). The van der Waals surface area contributed by atoms with E-state index in [4.69, 9.17) is 10.5 Å². The average molecular weight is 287 g/mol. The predicted octanol–water partition coefficient (Wildman–Crippen LogP) is 0.735. The molecule has 0 saturated heterocycles. The van der Waals surface area contributed by atoms with Gasteiger partial charge in [0, 0.05) is 24.0 Å². The number of aromatic amines is 1. The minimum Gasteiger partial charge on any atom is -0.495 e. The summed E-state index contributed by atoms with van der Waals surface area (Å²) in [5.74, 6) is -0.900. The summed E-state index contributed by atoms with van der Waals surface area (Å²) in [5, 5.41) is 2.52. The van der Waals surface area contributed by atoms with Crippen LogP contribution in [0.25, 0.3) is 0 Å².